The number of carbonyl (C=O) groups excluding carboxylic acids is 2. The first-order valence-electron chi connectivity index (χ1n) is 8.75. The molecule has 1 N–H and O–H groups in total. The van der Waals surface area contributed by atoms with Crippen molar-refractivity contribution < 1.29 is 23.8 Å². The van der Waals surface area contributed by atoms with Gasteiger partial charge in [-0.3, -0.25) is 4.79 Å². The van der Waals surface area contributed by atoms with Crippen molar-refractivity contribution in [3.8, 4) is 11.1 Å². The van der Waals surface area contributed by atoms with Gasteiger partial charge in [-0.2, -0.15) is 0 Å². The van der Waals surface area contributed by atoms with Crippen LogP contribution in [0.1, 0.15) is 28.7 Å². The van der Waals surface area contributed by atoms with Gasteiger partial charge in [0.15, 0.2) is 0 Å². The normalized spacial score (nSPS) is 20.2. The molecule has 2 aromatic rings. The molecule has 5 heteroatoms. The number of carbonyl (C=O) groups is 2. The lowest BCUT2D eigenvalue weighted by Gasteiger charge is -2.22. The maximum atomic E-state index is 13.7. The SMILES string of the molecule is Cc1cc(C)c(/C=C/[C@@H]2C[C@@H](O)C(=O)C(=O)O2)c(-c2ccc(F)c(C)c2)c1. The maximum absolute atomic E-state index is 13.7. The van der Waals surface area contributed by atoms with Crippen molar-refractivity contribution in [2.75, 3.05) is 0 Å². The zero-order valence-corrected chi connectivity index (χ0v) is 15.5. The second kappa shape index (κ2) is 7.45. The lowest BCUT2D eigenvalue weighted by molar-refractivity contribution is -0.167. The molecular weight excluding hydrogens is 347 g/mol. The van der Waals surface area contributed by atoms with E-state index in [2.05, 4.69) is 0 Å². The van der Waals surface area contributed by atoms with E-state index in [1.165, 1.54) is 6.07 Å². The van der Waals surface area contributed by atoms with Crippen molar-refractivity contribution in [2.45, 2.75) is 39.4 Å². The molecule has 140 valence electrons. The zero-order chi connectivity index (χ0) is 19.7. The highest BCUT2D eigenvalue weighted by atomic mass is 19.1. The highest BCUT2D eigenvalue weighted by Crippen LogP contribution is 2.30. The first-order valence-corrected chi connectivity index (χ1v) is 8.75. The Balaban J connectivity index is 1.99. The largest absolute Gasteiger partial charge is 0.452 e. The van der Waals surface area contributed by atoms with Crippen molar-refractivity contribution >= 4 is 17.8 Å². The summed E-state index contributed by atoms with van der Waals surface area (Å²) in [6.07, 6.45) is 1.53. The molecule has 1 fully saturated rings. The van der Waals surface area contributed by atoms with Crippen LogP contribution in [0.4, 0.5) is 4.39 Å². The van der Waals surface area contributed by atoms with Gasteiger partial charge in [0, 0.05) is 6.42 Å². The van der Waals surface area contributed by atoms with Crippen LogP contribution in [-0.4, -0.2) is 29.1 Å². The minimum Gasteiger partial charge on any atom is -0.452 e. The summed E-state index contributed by atoms with van der Waals surface area (Å²) in [4.78, 5) is 22.9. The molecular formula is C22H21FO4. The molecule has 0 amide bonds. The molecule has 4 nitrogen and oxygen atoms in total. The van der Waals surface area contributed by atoms with Gasteiger partial charge in [-0.25, -0.2) is 9.18 Å². The number of ketones is 1. The third-order valence-electron chi connectivity index (χ3n) is 4.70. The number of aliphatic hydroxyl groups excluding tert-OH is 1. The molecule has 0 saturated carbocycles. The Labute approximate surface area is 157 Å². The number of hydrogen-bond donors (Lipinski definition) is 1. The van der Waals surface area contributed by atoms with Gasteiger partial charge in [-0.1, -0.05) is 29.8 Å². The molecule has 0 bridgehead atoms. The number of hydrogen-bond acceptors (Lipinski definition) is 4. The van der Waals surface area contributed by atoms with E-state index < -0.39 is 24.0 Å². The third kappa shape index (κ3) is 3.98. The molecule has 2 atom stereocenters. The van der Waals surface area contributed by atoms with Crippen molar-refractivity contribution in [3.05, 3.63) is 64.5 Å². The van der Waals surface area contributed by atoms with Crippen molar-refractivity contribution in [2.24, 2.45) is 0 Å². The number of ether oxygens (including phenoxy) is 1. The molecule has 3 rings (SSSR count). The molecule has 1 heterocycles. The molecule has 0 aliphatic carbocycles. The number of esters is 1. The summed E-state index contributed by atoms with van der Waals surface area (Å²) >= 11 is 0. The first-order chi connectivity index (χ1) is 12.8. The van der Waals surface area contributed by atoms with Gasteiger partial charge in [0.05, 0.1) is 0 Å². The van der Waals surface area contributed by atoms with E-state index in [1.807, 2.05) is 32.1 Å². The Kier molecular flexibility index (Phi) is 5.24. The summed E-state index contributed by atoms with van der Waals surface area (Å²) in [6.45, 7) is 5.68. The summed E-state index contributed by atoms with van der Waals surface area (Å²) in [5.41, 5.74) is 5.38. The zero-order valence-electron chi connectivity index (χ0n) is 15.5. The fraction of sp³-hybridized carbons (Fsp3) is 0.273. The number of halogens is 1. The standard InChI is InChI=1S/C22H21FO4/c1-12-8-13(2)17(6-5-16-11-20(24)21(25)22(26)27-16)18(9-12)15-4-7-19(23)14(3)10-15/h4-10,16,20,24H,11H2,1-3H3/b6-5+/t16-,20-/m1/s1. The van der Waals surface area contributed by atoms with Gasteiger partial charge in [-0.05, 0) is 66.8 Å². The van der Waals surface area contributed by atoms with Gasteiger partial charge >= 0.3 is 5.97 Å². The van der Waals surface area contributed by atoms with E-state index in [9.17, 15) is 19.1 Å². The molecule has 0 unspecified atom stereocenters. The summed E-state index contributed by atoms with van der Waals surface area (Å²) in [5, 5.41) is 9.68. The molecule has 0 spiro atoms. The van der Waals surface area contributed by atoms with Gasteiger partial charge in [0.1, 0.15) is 18.0 Å². The number of cyclic esters (lactones) is 1. The molecule has 1 aliphatic rings. The van der Waals surface area contributed by atoms with Crippen LogP contribution in [0.5, 0.6) is 0 Å². The fourth-order valence-electron chi connectivity index (χ4n) is 3.28. The van der Waals surface area contributed by atoms with Crippen molar-refractivity contribution in [1.29, 1.82) is 0 Å². The van der Waals surface area contributed by atoms with E-state index in [4.69, 9.17) is 4.74 Å². The molecule has 2 aromatic carbocycles. The number of rotatable bonds is 3. The average molecular weight is 368 g/mol. The van der Waals surface area contributed by atoms with Crippen LogP contribution in [0.2, 0.25) is 0 Å². The summed E-state index contributed by atoms with van der Waals surface area (Å²) < 4.78 is 18.7. The molecule has 1 aliphatic heterocycles. The summed E-state index contributed by atoms with van der Waals surface area (Å²) in [7, 11) is 0. The summed E-state index contributed by atoms with van der Waals surface area (Å²) in [6, 6.07) is 9.02. The fourth-order valence-corrected chi connectivity index (χ4v) is 3.28. The van der Waals surface area contributed by atoms with Crippen molar-refractivity contribution in [3.63, 3.8) is 0 Å². The number of aryl methyl sites for hydroxylation is 3. The molecule has 0 radical (unpaired) electrons. The first kappa shape index (κ1) is 19.0. The predicted octanol–water partition coefficient (Wildman–Crippen LogP) is 3.68. The van der Waals surface area contributed by atoms with E-state index in [0.29, 0.717) is 5.56 Å². The van der Waals surface area contributed by atoms with Crippen LogP contribution in [0.15, 0.2) is 36.4 Å². The van der Waals surface area contributed by atoms with E-state index >= 15 is 0 Å². The molecule has 1 saturated heterocycles. The Hall–Kier alpha value is -2.79. The van der Waals surface area contributed by atoms with Gasteiger partial charge in [0.25, 0.3) is 5.78 Å². The Morgan fingerprint density at radius 2 is 1.85 bits per heavy atom. The van der Waals surface area contributed by atoms with Crippen LogP contribution in [0, 0.1) is 26.6 Å². The smallest absolute Gasteiger partial charge is 0.378 e. The maximum Gasteiger partial charge on any atom is 0.378 e. The van der Waals surface area contributed by atoms with Crippen LogP contribution in [0.25, 0.3) is 17.2 Å². The predicted molar refractivity (Wildman–Crippen MR) is 101 cm³/mol. The number of Topliss-reactive ketones (excluding diaryl/α,β-unsaturated/α-hetero) is 1. The number of aliphatic hydroxyl groups is 1. The van der Waals surface area contributed by atoms with E-state index in [-0.39, 0.29) is 12.2 Å². The molecule has 0 aromatic heterocycles. The minimum atomic E-state index is -1.33. The monoisotopic (exact) mass is 368 g/mol. The van der Waals surface area contributed by atoms with Crippen LogP contribution >= 0.6 is 0 Å². The quantitative estimate of drug-likeness (QED) is 0.663. The average Bonchev–Trinajstić information content (AvgIpc) is 2.60. The minimum absolute atomic E-state index is 0.0387. The van der Waals surface area contributed by atoms with Crippen molar-refractivity contribution in [1.82, 2.24) is 0 Å². The van der Waals surface area contributed by atoms with E-state index in [0.717, 1.165) is 27.8 Å². The van der Waals surface area contributed by atoms with Crippen LogP contribution in [-0.2, 0) is 14.3 Å². The van der Waals surface area contributed by atoms with Gasteiger partial charge < -0.3 is 9.84 Å². The number of benzene rings is 2. The second-order valence-electron chi connectivity index (χ2n) is 6.93. The highest BCUT2D eigenvalue weighted by molar-refractivity contribution is 6.35. The topological polar surface area (TPSA) is 63.6 Å². The Morgan fingerprint density at radius 1 is 1.11 bits per heavy atom. The highest BCUT2D eigenvalue weighted by Gasteiger charge is 2.34. The van der Waals surface area contributed by atoms with Gasteiger partial charge in [-0.15, -0.1) is 0 Å². The lowest BCUT2D eigenvalue weighted by Crippen LogP contribution is -2.40. The molecule has 27 heavy (non-hydrogen) atoms. The Morgan fingerprint density at radius 3 is 2.52 bits per heavy atom. The van der Waals surface area contributed by atoms with Gasteiger partial charge in [0.2, 0.25) is 0 Å². The second-order valence-corrected chi connectivity index (χ2v) is 6.93. The van der Waals surface area contributed by atoms with Crippen LogP contribution < -0.4 is 0 Å². The van der Waals surface area contributed by atoms with Crippen LogP contribution in [0.3, 0.4) is 0 Å². The lowest BCUT2D eigenvalue weighted by atomic mass is 9.92. The third-order valence-corrected chi connectivity index (χ3v) is 4.70. The Bertz CT molecular complexity index is 946. The summed E-state index contributed by atoms with van der Waals surface area (Å²) in [5.74, 6) is -2.18. The van der Waals surface area contributed by atoms with E-state index in [1.54, 1.807) is 25.1 Å².